The summed E-state index contributed by atoms with van der Waals surface area (Å²) < 4.78 is 1.18. The van der Waals surface area contributed by atoms with E-state index in [1.54, 1.807) is 11.3 Å². The maximum Gasteiger partial charge on any atom is 0.126 e. The lowest BCUT2D eigenvalue weighted by Gasteiger charge is -2.03. The van der Waals surface area contributed by atoms with Gasteiger partial charge in [0.25, 0.3) is 0 Å². The molecule has 0 aliphatic rings. The van der Waals surface area contributed by atoms with Crippen molar-refractivity contribution in [2.75, 3.05) is 0 Å². The molecule has 1 heterocycles. The molecule has 1 N–H and O–H groups in total. The predicted molar refractivity (Wildman–Crippen MR) is 71.3 cm³/mol. The zero-order valence-corrected chi connectivity index (χ0v) is 10.5. The lowest BCUT2D eigenvalue weighted by Crippen LogP contribution is -1.96. The lowest BCUT2D eigenvalue weighted by molar-refractivity contribution is 1.35. The summed E-state index contributed by atoms with van der Waals surface area (Å²) in [6.07, 6.45) is 0. The summed E-state index contributed by atoms with van der Waals surface area (Å²) in [5.74, 6) is 0. The second-order valence-corrected chi connectivity index (χ2v) is 5.02. The molecular formula is C13H14N2S. The van der Waals surface area contributed by atoms with Crippen molar-refractivity contribution in [2.24, 2.45) is 0 Å². The molecule has 0 fully saturated rings. The largest absolute Gasteiger partial charge is 0.305 e. The summed E-state index contributed by atoms with van der Waals surface area (Å²) in [5, 5.41) is 8.75. The van der Waals surface area contributed by atoms with Gasteiger partial charge in [0.15, 0.2) is 0 Å². The quantitative estimate of drug-likeness (QED) is 0.774. The van der Waals surface area contributed by atoms with Gasteiger partial charge in [-0.2, -0.15) is 0 Å². The molecule has 2 rings (SSSR count). The van der Waals surface area contributed by atoms with Crippen LogP contribution in [0.1, 0.15) is 25.8 Å². The molecule has 3 heteroatoms. The van der Waals surface area contributed by atoms with Crippen molar-refractivity contribution in [2.45, 2.75) is 20.8 Å². The molecule has 0 radical (unpaired) electrons. The second kappa shape index (κ2) is 4.18. The topological polar surface area (TPSA) is 36.7 Å². The first kappa shape index (κ1) is 11.0. The maximum atomic E-state index is 7.80. The summed E-state index contributed by atoms with van der Waals surface area (Å²) in [6, 6.07) is 8.09. The molecule has 2 aromatic rings. The van der Waals surface area contributed by atoms with Crippen molar-refractivity contribution < 1.29 is 0 Å². The highest BCUT2D eigenvalue weighted by atomic mass is 32.1. The van der Waals surface area contributed by atoms with Gasteiger partial charge in [-0.15, -0.1) is 11.3 Å². The van der Waals surface area contributed by atoms with Crippen LogP contribution in [0.5, 0.6) is 0 Å². The smallest absolute Gasteiger partial charge is 0.126 e. The molecule has 0 aliphatic heterocycles. The Labute approximate surface area is 99.2 Å². The van der Waals surface area contributed by atoms with E-state index < -0.39 is 0 Å². The third kappa shape index (κ3) is 1.91. The first-order valence-electron chi connectivity index (χ1n) is 5.18. The van der Waals surface area contributed by atoms with Crippen LogP contribution in [0.15, 0.2) is 29.8 Å². The van der Waals surface area contributed by atoms with E-state index in [0.29, 0.717) is 5.71 Å². The summed E-state index contributed by atoms with van der Waals surface area (Å²) in [5.41, 5.74) is 3.72. The third-order valence-corrected chi connectivity index (χ3v) is 3.44. The van der Waals surface area contributed by atoms with Gasteiger partial charge >= 0.3 is 0 Å². The molecule has 0 spiro atoms. The van der Waals surface area contributed by atoms with Gasteiger partial charge in [0.1, 0.15) is 5.01 Å². The number of aromatic nitrogens is 1. The lowest BCUT2D eigenvalue weighted by atomic mass is 10.1. The van der Waals surface area contributed by atoms with Gasteiger partial charge in [-0.1, -0.05) is 17.7 Å². The Balaban J connectivity index is 2.63. The Morgan fingerprint density at radius 2 is 1.88 bits per heavy atom. The van der Waals surface area contributed by atoms with Crippen molar-refractivity contribution in [3.05, 3.63) is 34.8 Å². The Morgan fingerprint density at radius 3 is 2.44 bits per heavy atom. The zero-order chi connectivity index (χ0) is 11.7. The van der Waals surface area contributed by atoms with Crippen molar-refractivity contribution in [3.63, 3.8) is 0 Å². The molecule has 0 saturated heterocycles. The van der Waals surface area contributed by atoms with Crippen molar-refractivity contribution in [3.8, 4) is 0 Å². The maximum absolute atomic E-state index is 7.80. The number of allylic oxidation sites excluding steroid dienone is 2. The van der Waals surface area contributed by atoms with E-state index in [1.807, 2.05) is 39.0 Å². The first-order chi connectivity index (χ1) is 7.59. The minimum absolute atomic E-state index is 0.582. The highest BCUT2D eigenvalue weighted by Crippen LogP contribution is 2.29. The number of benzene rings is 1. The van der Waals surface area contributed by atoms with Crippen LogP contribution in [0, 0.1) is 5.41 Å². The molecule has 0 bridgehead atoms. The van der Waals surface area contributed by atoms with Crippen LogP contribution in [0.4, 0.5) is 0 Å². The van der Waals surface area contributed by atoms with E-state index in [1.165, 1.54) is 4.70 Å². The van der Waals surface area contributed by atoms with E-state index in [-0.39, 0.29) is 0 Å². The molecule has 0 aliphatic carbocycles. The summed E-state index contributed by atoms with van der Waals surface area (Å²) in [6.45, 7) is 5.87. The van der Waals surface area contributed by atoms with Gasteiger partial charge in [0, 0.05) is 11.3 Å². The fraction of sp³-hybridized carbons (Fsp3) is 0.231. The minimum atomic E-state index is 0.582. The summed E-state index contributed by atoms with van der Waals surface area (Å²) >= 11 is 1.65. The molecule has 1 aromatic carbocycles. The number of nitrogens with zero attached hydrogens (tertiary/aromatic N) is 1. The standard InChI is InChI=1S/C13H14N2S/c1-8(2)12(9(3)14)13-15-10-6-4-5-7-11(10)16-13/h4-7,14H,1-3H3. The number of hydrogen-bond donors (Lipinski definition) is 1. The minimum Gasteiger partial charge on any atom is -0.305 e. The fourth-order valence-corrected chi connectivity index (χ4v) is 2.90. The SMILES string of the molecule is CC(=N)C(=C(C)C)c1nc2ccccc2s1. The van der Waals surface area contributed by atoms with E-state index in [0.717, 1.165) is 21.7 Å². The normalized spacial score (nSPS) is 10.4. The van der Waals surface area contributed by atoms with Crippen LogP contribution in [-0.2, 0) is 0 Å². The molecule has 0 atom stereocenters. The van der Waals surface area contributed by atoms with Crippen LogP contribution in [0.25, 0.3) is 15.8 Å². The molecule has 1 aromatic heterocycles. The fourth-order valence-electron chi connectivity index (χ4n) is 1.73. The van der Waals surface area contributed by atoms with Gasteiger partial charge in [0.2, 0.25) is 0 Å². The van der Waals surface area contributed by atoms with E-state index in [9.17, 15) is 0 Å². The van der Waals surface area contributed by atoms with Crippen LogP contribution < -0.4 is 0 Å². The van der Waals surface area contributed by atoms with Crippen molar-refractivity contribution in [1.29, 1.82) is 5.41 Å². The number of fused-ring (bicyclic) bond motifs is 1. The van der Waals surface area contributed by atoms with E-state index >= 15 is 0 Å². The molecule has 0 unspecified atom stereocenters. The molecular weight excluding hydrogens is 216 g/mol. The average Bonchev–Trinajstić information content (AvgIpc) is 2.58. The molecule has 0 saturated carbocycles. The van der Waals surface area contributed by atoms with Crippen molar-refractivity contribution in [1.82, 2.24) is 4.98 Å². The third-order valence-electron chi connectivity index (χ3n) is 2.38. The highest BCUT2D eigenvalue weighted by molar-refractivity contribution is 7.19. The Hall–Kier alpha value is -1.48. The monoisotopic (exact) mass is 230 g/mol. The second-order valence-electron chi connectivity index (χ2n) is 3.99. The zero-order valence-electron chi connectivity index (χ0n) is 9.66. The number of hydrogen-bond acceptors (Lipinski definition) is 3. The Morgan fingerprint density at radius 1 is 1.19 bits per heavy atom. The van der Waals surface area contributed by atoms with Gasteiger partial charge in [-0.3, -0.25) is 0 Å². The highest BCUT2D eigenvalue weighted by Gasteiger charge is 2.11. The van der Waals surface area contributed by atoms with Gasteiger partial charge in [-0.25, -0.2) is 4.98 Å². The van der Waals surface area contributed by atoms with E-state index in [2.05, 4.69) is 11.1 Å². The van der Waals surface area contributed by atoms with Crippen LogP contribution >= 0.6 is 11.3 Å². The Bertz CT molecular complexity index is 541. The first-order valence-corrected chi connectivity index (χ1v) is 6.00. The summed E-state index contributed by atoms with van der Waals surface area (Å²) in [7, 11) is 0. The molecule has 16 heavy (non-hydrogen) atoms. The molecule has 0 amide bonds. The summed E-state index contributed by atoms with van der Waals surface area (Å²) in [4.78, 5) is 4.58. The van der Waals surface area contributed by atoms with Gasteiger partial charge in [-0.05, 0) is 32.9 Å². The molecule has 2 nitrogen and oxygen atoms in total. The van der Waals surface area contributed by atoms with Crippen molar-refractivity contribution >= 4 is 32.8 Å². The van der Waals surface area contributed by atoms with Crippen LogP contribution in [0.3, 0.4) is 0 Å². The Kier molecular flexibility index (Phi) is 2.88. The number of para-hydroxylation sites is 1. The number of rotatable bonds is 2. The number of thiazole rings is 1. The average molecular weight is 230 g/mol. The number of nitrogens with one attached hydrogen (secondary N) is 1. The van der Waals surface area contributed by atoms with Gasteiger partial charge < -0.3 is 5.41 Å². The molecule has 82 valence electrons. The van der Waals surface area contributed by atoms with E-state index in [4.69, 9.17) is 5.41 Å². The predicted octanol–water partition coefficient (Wildman–Crippen LogP) is 4.13. The van der Waals surface area contributed by atoms with Crippen LogP contribution in [-0.4, -0.2) is 10.7 Å². The van der Waals surface area contributed by atoms with Crippen LogP contribution in [0.2, 0.25) is 0 Å². The van der Waals surface area contributed by atoms with Gasteiger partial charge in [0.05, 0.1) is 10.2 Å².